The average molecular weight is 304 g/mol. The molecule has 0 radical (unpaired) electrons. The normalized spacial score (nSPS) is 14.0. The van der Waals surface area contributed by atoms with Crippen LogP contribution in [0, 0.1) is 5.92 Å². The molecule has 2 amide bonds. The summed E-state index contributed by atoms with van der Waals surface area (Å²) in [7, 11) is 0. The lowest BCUT2D eigenvalue weighted by Crippen LogP contribution is -2.28. The number of carboxylic acid groups (broad SMARTS) is 1. The first kappa shape index (κ1) is 16.0. The number of carbonyl (C=O) groups is 3. The van der Waals surface area contributed by atoms with Crippen molar-refractivity contribution < 1.29 is 19.5 Å². The molecule has 22 heavy (non-hydrogen) atoms. The van der Waals surface area contributed by atoms with Gasteiger partial charge in [0.05, 0.1) is 6.42 Å². The van der Waals surface area contributed by atoms with E-state index in [-0.39, 0.29) is 30.6 Å². The van der Waals surface area contributed by atoms with Crippen LogP contribution >= 0.6 is 0 Å². The van der Waals surface area contributed by atoms with Crippen molar-refractivity contribution in [3.05, 3.63) is 29.8 Å². The smallest absolute Gasteiger partial charge is 0.303 e. The molecule has 2 rings (SSSR count). The topological polar surface area (TPSA) is 95.5 Å². The third-order valence-corrected chi connectivity index (χ3v) is 3.73. The highest BCUT2D eigenvalue weighted by molar-refractivity contribution is 5.93. The molecule has 6 heteroatoms. The molecule has 1 aliphatic rings. The maximum absolute atomic E-state index is 11.9. The highest BCUT2D eigenvalue weighted by Gasteiger charge is 2.25. The van der Waals surface area contributed by atoms with Crippen molar-refractivity contribution in [3.8, 4) is 0 Å². The molecule has 0 bridgehead atoms. The number of benzene rings is 1. The molecule has 6 nitrogen and oxygen atoms in total. The van der Waals surface area contributed by atoms with Crippen molar-refractivity contribution >= 4 is 23.5 Å². The molecule has 0 saturated heterocycles. The zero-order chi connectivity index (χ0) is 15.9. The van der Waals surface area contributed by atoms with Gasteiger partial charge in [-0.05, 0) is 30.5 Å². The summed E-state index contributed by atoms with van der Waals surface area (Å²) in [6, 6.07) is 7.28. The second-order valence-corrected chi connectivity index (χ2v) is 5.49. The van der Waals surface area contributed by atoms with E-state index in [0.29, 0.717) is 12.2 Å². The molecule has 1 aromatic rings. The van der Waals surface area contributed by atoms with Crippen molar-refractivity contribution in [2.24, 2.45) is 5.92 Å². The molecule has 0 heterocycles. The number of amides is 2. The zero-order valence-corrected chi connectivity index (χ0v) is 12.3. The zero-order valence-electron chi connectivity index (χ0n) is 12.3. The third kappa shape index (κ3) is 4.87. The number of carboxylic acids is 1. The first-order chi connectivity index (χ1) is 10.5. The highest BCUT2D eigenvalue weighted by Crippen LogP contribution is 2.27. The van der Waals surface area contributed by atoms with E-state index >= 15 is 0 Å². The molecule has 118 valence electrons. The van der Waals surface area contributed by atoms with Gasteiger partial charge in [0.15, 0.2) is 0 Å². The lowest BCUT2D eigenvalue weighted by molar-refractivity contribution is -0.138. The molecule has 0 spiro atoms. The van der Waals surface area contributed by atoms with Crippen LogP contribution in [0.5, 0.6) is 0 Å². The van der Waals surface area contributed by atoms with E-state index < -0.39 is 5.97 Å². The summed E-state index contributed by atoms with van der Waals surface area (Å²) in [5.74, 6) is -1.12. The molecule has 1 aromatic carbocycles. The minimum Gasteiger partial charge on any atom is -0.481 e. The van der Waals surface area contributed by atoms with E-state index in [0.717, 1.165) is 24.8 Å². The molecule has 3 N–H and O–H groups in total. The number of hydrogen-bond donors (Lipinski definition) is 3. The fraction of sp³-hybridized carbons (Fsp3) is 0.438. The highest BCUT2D eigenvalue weighted by atomic mass is 16.4. The van der Waals surface area contributed by atoms with Crippen molar-refractivity contribution in [2.45, 2.75) is 38.6 Å². The number of aliphatic carboxylic acids is 1. The van der Waals surface area contributed by atoms with Crippen LogP contribution in [-0.4, -0.2) is 22.9 Å². The van der Waals surface area contributed by atoms with E-state index in [1.807, 2.05) is 24.3 Å². The van der Waals surface area contributed by atoms with E-state index in [1.54, 1.807) is 0 Å². The predicted molar refractivity (Wildman–Crippen MR) is 81.1 cm³/mol. The lowest BCUT2D eigenvalue weighted by atomic mass is 9.85. The standard InChI is InChI=1S/C16H20N2O4/c19-14(7-8-15(20)21)17-10-11-3-1-6-13(9-11)18-16(22)12-4-2-5-12/h1,3,6,9,12H,2,4-5,7-8,10H2,(H,17,19)(H,18,22)(H,20,21). The monoisotopic (exact) mass is 304 g/mol. The molecule has 1 aliphatic carbocycles. The maximum atomic E-state index is 11.9. The summed E-state index contributed by atoms with van der Waals surface area (Å²) in [4.78, 5) is 33.7. The largest absolute Gasteiger partial charge is 0.481 e. The van der Waals surface area contributed by atoms with Gasteiger partial charge in [0, 0.05) is 24.6 Å². The molecule has 0 atom stereocenters. The van der Waals surface area contributed by atoms with Gasteiger partial charge in [-0.2, -0.15) is 0 Å². The Labute approximate surface area is 128 Å². The minimum atomic E-state index is -0.990. The van der Waals surface area contributed by atoms with Gasteiger partial charge in [0.1, 0.15) is 0 Å². The summed E-state index contributed by atoms with van der Waals surface area (Å²) in [6.45, 7) is 0.311. The summed E-state index contributed by atoms with van der Waals surface area (Å²) in [5.41, 5.74) is 1.57. The molecule has 0 aromatic heterocycles. The van der Waals surface area contributed by atoms with Crippen LogP contribution in [0.1, 0.15) is 37.7 Å². The second kappa shape index (κ2) is 7.59. The molecule has 0 aliphatic heterocycles. The number of rotatable bonds is 7. The van der Waals surface area contributed by atoms with Crippen LogP contribution in [0.25, 0.3) is 0 Å². The Morgan fingerprint density at radius 1 is 1.18 bits per heavy atom. The van der Waals surface area contributed by atoms with Crippen LogP contribution in [0.2, 0.25) is 0 Å². The molecule has 0 unspecified atom stereocenters. The van der Waals surface area contributed by atoms with Crippen LogP contribution in [0.3, 0.4) is 0 Å². The van der Waals surface area contributed by atoms with Gasteiger partial charge in [-0.15, -0.1) is 0 Å². The Morgan fingerprint density at radius 2 is 1.95 bits per heavy atom. The number of anilines is 1. The fourth-order valence-electron chi connectivity index (χ4n) is 2.18. The Kier molecular flexibility index (Phi) is 5.52. The summed E-state index contributed by atoms with van der Waals surface area (Å²) in [5, 5.41) is 14.1. The van der Waals surface area contributed by atoms with E-state index in [4.69, 9.17) is 5.11 Å². The van der Waals surface area contributed by atoms with Gasteiger partial charge >= 0.3 is 5.97 Å². The summed E-state index contributed by atoms with van der Waals surface area (Å²) >= 11 is 0. The van der Waals surface area contributed by atoms with Crippen LogP contribution in [0.15, 0.2) is 24.3 Å². The Morgan fingerprint density at radius 3 is 2.59 bits per heavy atom. The second-order valence-electron chi connectivity index (χ2n) is 5.49. The quantitative estimate of drug-likeness (QED) is 0.717. The van der Waals surface area contributed by atoms with Crippen molar-refractivity contribution in [3.63, 3.8) is 0 Å². The Balaban J connectivity index is 1.81. The van der Waals surface area contributed by atoms with Gasteiger partial charge in [-0.3, -0.25) is 14.4 Å². The van der Waals surface area contributed by atoms with Gasteiger partial charge in [0.2, 0.25) is 11.8 Å². The number of hydrogen-bond acceptors (Lipinski definition) is 3. The van der Waals surface area contributed by atoms with Crippen molar-refractivity contribution in [1.82, 2.24) is 5.32 Å². The maximum Gasteiger partial charge on any atom is 0.303 e. The van der Waals surface area contributed by atoms with Gasteiger partial charge in [-0.25, -0.2) is 0 Å². The third-order valence-electron chi connectivity index (χ3n) is 3.73. The number of nitrogens with one attached hydrogen (secondary N) is 2. The SMILES string of the molecule is O=C(O)CCC(=O)NCc1cccc(NC(=O)C2CCC2)c1. The summed E-state index contributed by atoms with van der Waals surface area (Å²) in [6.07, 6.45) is 2.80. The molecular formula is C16H20N2O4. The Hall–Kier alpha value is -2.37. The van der Waals surface area contributed by atoms with Crippen molar-refractivity contribution in [2.75, 3.05) is 5.32 Å². The van der Waals surface area contributed by atoms with E-state index in [1.165, 1.54) is 0 Å². The Bertz CT molecular complexity index is 567. The van der Waals surface area contributed by atoms with Gasteiger partial charge < -0.3 is 15.7 Å². The fourth-order valence-corrected chi connectivity index (χ4v) is 2.18. The summed E-state index contributed by atoms with van der Waals surface area (Å²) < 4.78 is 0. The van der Waals surface area contributed by atoms with Crippen LogP contribution in [0.4, 0.5) is 5.69 Å². The number of carbonyl (C=O) groups excluding carboxylic acids is 2. The molecule has 1 fully saturated rings. The van der Waals surface area contributed by atoms with Gasteiger partial charge in [-0.1, -0.05) is 18.6 Å². The first-order valence-corrected chi connectivity index (χ1v) is 7.43. The first-order valence-electron chi connectivity index (χ1n) is 7.43. The minimum absolute atomic E-state index is 0.0343. The van der Waals surface area contributed by atoms with E-state index in [2.05, 4.69) is 10.6 Å². The average Bonchev–Trinajstić information content (AvgIpc) is 2.41. The van der Waals surface area contributed by atoms with E-state index in [9.17, 15) is 14.4 Å². The molecule has 1 saturated carbocycles. The van der Waals surface area contributed by atoms with Gasteiger partial charge in [0.25, 0.3) is 0 Å². The van der Waals surface area contributed by atoms with Crippen molar-refractivity contribution in [1.29, 1.82) is 0 Å². The predicted octanol–water partition coefficient (Wildman–Crippen LogP) is 1.91. The van der Waals surface area contributed by atoms with Crippen LogP contribution in [-0.2, 0) is 20.9 Å². The van der Waals surface area contributed by atoms with Crippen LogP contribution < -0.4 is 10.6 Å². The molecular weight excluding hydrogens is 284 g/mol. The lowest BCUT2D eigenvalue weighted by Gasteiger charge is -2.24.